The molecular formula is C14H18N2O4. The van der Waals surface area contributed by atoms with Gasteiger partial charge in [-0.2, -0.15) is 0 Å². The van der Waals surface area contributed by atoms with Gasteiger partial charge >= 0.3 is 12.0 Å². The second-order valence-electron chi connectivity index (χ2n) is 4.84. The van der Waals surface area contributed by atoms with Gasteiger partial charge in [0, 0.05) is 18.0 Å². The lowest BCUT2D eigenvalue weighted by Crippen LogP contribution is -2.44. The largest absolute Gasteiger partial charge is 0.493 e. The number of para-hydroxylation sites is 1. The van der Waals surface area contributed by atoms with Crippen molar-refractivity contribution in [3.8, 4) is 5.75 Å². The summed E-state index contributed by atoms with van der Waals surface area (Å²) in [5, 5.41) is 14.1. The summed E-state index contributed by atoms with van der Waals surface area (Å²) in [5.74, 6) is -0.156. The molecule has 0 radical (unpaired) electrons. The van der Waals surface area contributed by atoms with Gasteiger partial charge in [-0.25, -0.2) is 4.79 Å². The first-order valence-corrected chi connectivity index (χ1v) is 6.57. The van der Waals surface area contributed by atoms with Crippen LogP contribution < -0.4 is 15.4 Å². The van der Waals surface area contributed by atoms with Crippen molar-refractivity contribution in [1.82, 2.24) is 10.6 Å². The quantitative estimate of drug-likeness (QED) is 0.781. The topological polar surface area (TPSA) is 87.7 Å². The number of nitrogens with one attached hydrogen (secondary N) is 2. The van der Waals surface area contributed by atoms with Gasteiger partial charge in [0.25, 0.3) is 0 Å². The molecule has 1 aromatic rings. The third-order valence-corrected chi connectivity index (χ3v) is 3.12. The van der Waals surface area contributed by atoms with Crippen LogP contribution in [0.25, 0.3) is 0 Å². The average molecular weight is 278 g/mol. The maximum atomic E-state index is 11.9. The highest BCUT2D eigenvalue weighted by Crippen LogP contribution is 2.31. The molecule has 1 heterocycles. The molecule has 1 aliphatic rings. The van der Waals surface area contributed by atoms with E-state index in [1.807, 2.05) is 24.3 Å². The Kier molecular flexibility index (Phi) is 4.45. The minimum absolute atomic E-state index is 0.0994. The van der Waals surface area contributed by atoms with Gasteiger partial charge in [-0.15, -0.1) is 0 Å². The van der Waals surface area contributed by atoms with Crippen LogP contribution in [0.3, 0.4) is 0 Å². The molecule has 108 valence electrons. The van der Waals surface area contributed by atoms with Gasteiger partial charge in [-0.05, 0) is 13.0 Å². The first-order valence-electron chi connectivity index (χ1n) is 6.57. The van der Waals surface area contributed by atoms with Crippen LogP contribution in [0.5, 0.6) is 5.75 Å². The Morgan fingerprint density at radius 2 is 2.20 bits per heavy atom. The van der Waals surface area contributed by atoms with Crippen molar-refractivity contribution in [1.29, 1.82) is 0 Å². The van der Waals surface area contributed by atoms with Crippen LogP contribution in [-0.4, -0.2) is 29.8 Å². The molecule has 1 aliphatic heterocycles. The normalized spacial score (nSPS) is 18.4. The van der Waals surface area contributed by atoms with Crippen LogP contribution in [0.2, 0.25) is 0 Å². The number of rotatable bonds is 4. The van der Waals surface area contributed by atoms with Crippen molar-refractivity contribution in [2.75, 3.05) is 6.61 Å². The molecule has 0 fully saturated rings. The zero-order valence-electron chi connectivity index (χ0n) is 11.3. The second kappa shape index (κ2) is 6.27. The summed E-state index contributed by atoms with van der Waals surface area (Å²) in [7, 11) is 0. The summed E-state index contributed by atoms with van der Waals surface area (Å²) in [6.45, 7) is 2.21. The first kappa shape index (κ1) is 14.2. The number of carboxylic acids is 1. The van der Waals surface area contributed by atoms with Crippen LogP contribution in [0.4, 0.5) is 4.79 Å². The van der Waals surface area contributed by atoms with Crippen molar-refractivity contribution < 1.29 is 19.4 Å². The van der Waals surface area contributed by atoms with Crippen LogP contribution in [-0.2, 0) is 4.79 Å². The van der Waals surface area contributed by atoms with Gasteiger partial charge in [0.1, 0.15) is 5.75 Å². The third-order valence-electron chi connectivity index (χ3n) is 3.12. The highest BCUT2D eigenvalue weighted by Gasteiger charge is 2.23. The Balaban J connectivity index is 1.94. The molecule has 0 aromatic heterocycles. The summed E-state index contributed by atoms with van der Waals surface area (Å²) in [4.78, 5) is 22.4. The fourth-order valence-electron chi connectivity index (χ4n) is 2.23. The summed E-state index contributed by atoms with van der Waals surface area (Å²) < 4.78 is 5.52. The molecule has 0 saturated heterocycles. The highest BCUT2D eigenvalue weighted by molar-refractivity contribution is 5.76. The fraction of sp³-hybridized carbons (Fsp3) is 0.429. The third kappa shape index (κ3) is 3.63. The summed E-state index contributed by atoms with van der Waals surface area (Å²) >= 11 is 0. The number of carbonyl (C=O) groups excluding carboxylic acids is 1. The Labute approximate surface area is 117 Å². The van der Waals surface area contributed by atoms with E-state index in [1.54, 1.807) is 6.92 Å². The van der Waals surface area contributed by atoms with E-state index in [2.05, 4.69) is 10.6 Å². The van der Waals surface area contributed by atoms with E-state index in [1.165, 1.54) is 0 Å². The van der Waals surface area contributed by atoms with Crippen molar-refractivity contribution in [2.24, 2.45) is 0 Å². The summed E-state index contributed by atoms with van der Waals surface area (Å²) in [6.07, 6.45) is 0.593. The smallest absolute Gasteiger partial charge is 0.315 e. The number of aliphatic carboxylic acids is 1. The Morgan fingerprint density at radius 3 is 2.95 bits per heavy atom. The van der Waals surface area contributed by atoms with Gasteiger partial charge in [0.2, 0.25) is 0 Å². The molecule has 2 atom stereocenters. The van der Waals surface area contributed by atoms with E-state index in [9.17, 15) is 9.59 Å². The lowest BCUT2D eigenvalue weighted by molar-refractivity contribution is -0.137. The second-order valence-corrected chi connectivity index (χ2v) is 4.84. The van der Waals surface area contributed by atoms with Gasteiger partial charge in [0.15, 0.2) is 0 Å². The lowest BCUT2D eigenvalue weighted by atomic mass is 10.0. The van der Waals surface area contributed by atoms with Crippen LogP contribution >= 0.6 is 0 Å². The maximum Gasteiger partial charge on any atom is 0.315 e. The number of carboxylic acid groups (broad SMARTS) is 1. The number of fused-ring (bicyclic) bond motifs is 1. The standard InChI is InChI=1S/C14H18N2O4/c1-9(8-13(17)18)15-14(19)16-11-6-7-20-12-5-3-2-4-10(11)12/h2-5,9,11H,6-8H2,1H3,(H,17,18)(H2,15,16,19). The molecule has 1 aromatic carbocycles. The van der Waals surface area contributed by atoms with E-state index in [4.69, 9.17) is 9.84 Å². The van der Waals surface area contributed by atoms with Crippen LogP contribution in [0.15, 0.2) is 24.3 Å². The molecule has 2 amide bonds. The van der Waals surface area contributed by atoms with Crippen molar-refractivity contribution in [3.05, 3.63) is 29.8 Å². The lowest BCUT2D eigenvalue weighted by Gasteiger charge is -2.27. The minimum Gasteiger partial charge on any atom is -0.493 e. The number of benzene rings is 1. The zero-order chi connectivity index (χ0) is 14.5. The monoisotopic (exact) mass is 278 g/mol. The molecule has 0 saturated carbocycles. The molecule has 2 unspecified atom stereocenters. The molecular weight excluding hydrogens is 260 g/mol. The number of amides is 2. The molecule has 6 heteroatoms. The predicted molar refractivity (Wildman–Crippen MR) is 72.7 cm³/mol. The first-order chi connectivity index (χ1) is 9.56. The van der Waals surface area contributed by atoms with E-state index < -0.39 is 12.0 Å². The predicted octanol–water partition coefficient (Wildman–Crippen LogP) is 1.67. The zero-order valence-corrected chi connectivity index (χ0v) is 11.3. The average Bonchev–Trinajstić information content (AvgIpc) is 2.38. The van der Waals surface area contributed by atoms with Gasteiger partial charge in [-0.1, -0.05) is 18.2 Å². The van der Waals surface area contributed by atoms with Crippen LogP contribution in [0.1, 0.15) is 31.4 Å². The number of urea groups is 1. The molecule has 2 rings (SSSR count). The van der Waals surface area contributed by atoms with E-state index in [-0.39, 0.29) is 18.5 Å². The minimum atomic E-state index is -0.936. The Bertz CT molecular complexity index is 504. The Morgan fingerprint density at radius 1 is 1.45 bits per heavy atom. The van der Waals surface area contributed by atoms with E-state index in [0.29, 0.717) is 13.0 Å². The van der Waals surface area contributed by atoms with Gasteiger partial charge in [0.05, 0.1) is 19.1 Å². The highest BCUT2D eigenvalue weighted by atomic mass is 16.5. The number of ether oxygens (including phenoxy) is 1. The van der Waals surface area contributed by atoms with E-state index >= 15 is 0 Å². The van der Waals surface area contributed by atoms with Crippen molar-refractivity contribution in [3.63, 3.8) is 0 Å². The van der Waals surface area contributed by atoms with E-state index in [0.717, 1.165) is 11.3 Å². The molecule has 3 N–H and O–H groups in total. The molecule has 0 bridgehead atoms. The molecule has 0 spiro atoms. The maximum absolute atomic E-state index is 11.9. The number of hydrogen-bond acceptors (Lipinski definition) is 3. The van der Waals surface area contributed by atoms with Gasteiger partial charge in [-0.3, -0.25) is 4.79 Å². The fourth-order valence-corrected chi connectivity index (χ4v) is 2.23. The van der Waals surface area contributed by atoms with Crippen LogP contribution in [0, 0.1) is 0 Å². The van der Waals surface area contributed by atoms with Crippen molar-refractivity contribution in [2.45, 2.75) is 31.8 Å². The van der Waals surface area contributed by atoms with Gasteiger partial charge < -0.3 is 20.5 Å². The number of hydrogen-bond donors (Lipinski definition) is 3. The molecule has 0 aliphatic carbocycles. The van der Waals surface area contributed by atoms with Crippen molar-refractivity contribution >= 4 is 12.0 Å². The summed E-state index contributed by atoms with van der Waals surface area (Å²) in [5.41, 5.74) is 0.944. The molecule has 6 nitrogen and oxygen atoms in total. The SMILES string of the molecule is CC(CC(=O)O)NC(=O)NC1CCOc2ccccc21. The molecule has 20 heavy (non-hydrogen) atoms. The number of carbonyl (C=O) groups is 2. The Hall–Kier alpha value is -2.24. The summed E-state index contributed by atoms with van der Waals surface area (Å²) in [6, 6.07) is 6.68.